The molecule has 8 heteroatoms. The molecule has 3 rings (SSSR count). The number of piperazine rings is 1. The van der Waals surface area contributed by atoms with E-state index in [1.54, 1.807) is 14.2 Å². The molecule has 0 unspecified atom stereocenters. The fraction of sp³-hybridized carbons (Fsp3) is 0.571. The molecule has 8 nitrogen and oxygen atoms in total. The second-order valence-electron chi connectivity index (χ2n) is 8.26. The number of hydrogen-bond acceptors (Lipinski definition) is 7. The minimum Gasteiger partial charge on any atom is -0.493 e. The van der Waals surface area contributed by atoms with Gasteiger partial charge >= 0.3 is 0 Å². The summed E-state index contributed by atoms with van der Waals surface area (Å²) in [6.07, 6.45) is 1.96. The zero-order valence-electron chi connectivity index (χ0n) is 18.1. The first kappa shape index (κ1) is 21.3. The predicted molar refractivity (Wildman–Crippen MR) is 112 cm³/mol. The molecule has 1 fully saturated rings. The quantitative estimate of drug-likeness (QED) is 0.661. The lowest BCUT2D eigenvalue weighted by atomic mass is 10.0. The van der Waals surface area contributed by atoms with Gasteiger partial charge in [-0.15, -0.1) is 11.7 Å². The van der Waals surface area contributed by atoms with E-state index in [4.69, 9.17) is 9.47 Å². The van der Waals surface area contributed by atoms with E-state index < -0.39 is 0 Å². The van der Waals surface area contributed by atoms with Gasteiger partial charge in [-0.25, -0.2) is 4.68 Å². The Morgan fingerprint density at radius 2 is 1.79 bits per heavy atom. The van der Waals surface area contributed by atoms with Crippen molar-refractivity contribution >= 4 is 0 Å². The van der Waals surface area contributed by atoms with Crippen LogP contribution in [0.4, 0.5) is 0 Å². The van der Waals surface area contributed by atoms with Gasteiger partial charge in [-0.2, -0.15) is 0 Å². The van der Waals surface area contributed by atoms with Crippen molar-refractivity contribution in [2.24, 2.45) is 0 Å². The van der Waals surface area contributed by atoms with Crippen LogP contribution in [0.5, 0.6) is 11.5 Å². The molecular formula is C21H32N6O2. The molecule has 1 atom stereocenters. The van der Waals surface area contributed by atoms with E-state index in [1.807, 2.05) is 22.9 Å². The summed E-state index contributed by atoms with van der Waals surface area (Å²) in [5, 5.41) is 12.8. The van der Waals surface area contributed by atoms with Crippen LogP contribution >= 0.6 is 0 Å². The number of benzene rings is 1. The van der Waals surface area contributed by atoms with E-state index >= 15 is 0 Å². The lowest BCUT2D eigenvalue weighted by Gasteiger charge is -2.39. The molecule has 0 radical (unpaired) electrons. The van der Waals surface area contributed by atoms with Crippen LogP contribution in [0.25, 0.3) is 0 Å². The van der Waals surface area contributed by atoms with Gasteiger partial charge in [0.15, 0.2) is 17.3 Å². The SMILES string of the molecule is C=CCN1CCN([C@H](c2ccc(OC)c(OC)c2)c2nnnn2C(C)(C)C)CC1. The second kappa shape index (κ2) is 8.92. The monoisotopic (exact) mass is 400 g/mol. The zero-order chi connectivity index (χ0) is 21.0. The highest BCUT2D eigenvalue weighted by atomic mass is 16.5. The standard InChI is InChI=1S/C21H32N6O2/c1-7-10-25-11-13-26(14-12-25)19(20-22-23-24-27(20)21(2,3)4)16-8-9-17(28-5)18(15-16)29-6/h7-9,15,19H,1,10-14H2,2-6H3/t19-/m1/s1. The number of ether oxygens (including phenoxy) is 2. The highest BCUT2D eigenvalue weighted by molar-refractivity contribution is 5.45. The second-order valence-corrected chi connectivity index (χ2v) is 8.26. The van der Waals surface area contributed by atoms with Crippen molar-refractivity contribution in [3.8, 4) is 11.5 Å². The Bertz CT molecular complexity index is 821. The molecule has 29 heavy (non-hydrogen) atoms. The van der Waals surface area contributed by atoms with Crippen molar-refractivity contribution in [3.05, 3.63) is 42.2 Å². The highest BCUT2D eigenvalue weighted by Gasteiger charge is 2.33. The number of methoxy groups -OCH3 is 2. The van der Waals surface area contributed by atoms with Crippen LogP contribution < -0.4 is 9.47 Å². The maximum atomic E-state index is 5.56. The minimum atomic E-state index is -0.224. The average Bonchev–Trinajstić information content (AvgIpc) is 3.19. The lowest BCUT2D eigenvalue weighted by molar-refractivity contribution is 0.110. The third-order valence-corrected chi connectivity index (χ3v) is 5.26. The summed E-state index contributed by atoms with van der Waals surface area (Å²) in [5.41, 5.74) is 0.860. The summed E-state index contributed by atoms with van der Waals surface area (Å²) in [6, 6.07) is 5.97. The summed E-state index contributed by atoms with van der Waals surface area (Å²) in [6.45, 7) is 14.9. The van der Waals surface area contributed by atoms with Crippen LogP contribution in [0.3, 0.4) is 0 Å². The molecule has 158 valence electrons. The van der Waals surface area contributed by atoms with Gasteiger partial charge in [0.05, 0.1) is 25.8 Å². The zero-order valence-corrected chi connectivity index (χ0v) is 18.1. The Labute approximate surface area is 173 Å². The fourth-order valence-electron chi connectivity index (χ4n) is 3.78. The van der Waals surface area contributed by atoms with Gasteiger partial charge in [0.25, 0.3) is 0 Å². The molecule has 0 N–H and O–H groups in total. The van der Waals surface area contributed by atoms with E-state index in [-0.39, 0.29) is 11.6 Å². The smallest absolute Gasteiger partial charge is 0.173 e. The molecule has 1 aromatic carbocycles. The van der Waals surface area contributed by atoms with E-state index in [9.17, 15) is 0 Å². The van der Waals surface area contributed by atoms with Crippen LogP contribution in [0.15, 0.2) is 30.9 Å². The van der Waals surface area contributed by atoms with Crippen LogP contribution in [0.2, 0.25) is 0 Å². The molecule has 1 aliphatic rings. The average molecular weight is 401 g/mol. The van der Waals surface area contributed by atoms with Crippen molar-refractivity contribution in [2.45, 2.75) is 32.4 Å². The van der Waals surface area contributed by atoms with Gasteiger partial charge in [0.2, 0.25) is 0 Å². The Hall–Kier alpha value is -2.45. The molecule has 1 saturated heterocycles. The normalized spacial score (nSPS) is 17.1. The number of hydrogen-bond donors (Lipinski definition) is 0. The van der Waals surface area contributed by atoms with Crippen molar-refractivity contribution in [2.75, 3.05) is 46.9 Å². The van der Waals surface area contributed by atoms with Gasteiger partial charge in [-0.05, 0) is 48.9 Å². The Kier molecular flexibility index (Phi) is 6.54. The van der Waals surface area contributed by atoms with E-state index in [2.05, 4.69) is 58.7 Å². The summed E-state index contributed by atoms with van der Waals surface area (Å²) in [7, 11) is 3.30. The molecule has 1 aliphatic heterocycles. The van der Waals surface area contributed by atoms with E-state index in [0.29, 0.717) is 11.5 Å². The first-order valence-electron chi connectivity index (χ1n) is 9.97. The summed E-state index contributed by atoms with van der Waals surface area (Å²) in [4.78, 5) is 4.84. The van der Waals surface area contributed by atoms with E-state index in [1.165, 1.54) is 0 Å². The third kappa shape index (κ3) is 4.59. The molecule has 0 spiro atoms. The third-order valence-electron chi connectivity index (χ3n) is 5.26. The van der Waals surface area contributed by atoms with Crippen molar-refractivity contribution in [3.63, 3.8) is 0 Å². The highest BCUT2D eigenvalue weighted by Crippen LogP contribution is 2.35. The van der Waals surface area contributed by atoms with Crippen molar-refractivity contribution in [1.29, 1.82) is 0 Å². The van der Waals surface area contributed by atoms with Gasteiger partial charge in [0.1, 0.15) is 0 Å². The van der Waals surface area contributed by atoms with Crippen LogP contribution in [0.1, 0.15) is 38.2 Å². The summed E-state index contributed by atoms with van der Waals surface area (Å²) in [5.74, 6) is 2.25. The maximum Gasteiger partial charge on any atom is 0.173 e. The Morgan fingerprint density at radius 1 is 1.10 bits per heavy atom. The molecule has 0 amide bonds. The fourth-order valence-corrected chi connectivity index (χ4v) is 3.78. The molecule has 0 bridgehead atoms. The molecule has 0 aliphatic carbocycles. The summed E-state index contributed by atoms with van der Waals surface area (Å²) >= 11 is 0. The molecular weight excluding hydrogens is 368 g/mol. The van der Waals surface area contributed by atoms with E-state index in [0.717, 1.165) is 44.1 Å². The van der Waals surface area contributed by atoms with Crippen LogP contribution in [0, 0.1) is 0 Å². The molecule has 0 saturated carbocycles. The first-order valence-corrected chi connectivity index (χ1v) is 9.97. The van der Waals surface area contributed by atoms with Crippen molar-refractivity contribution in [1.82, 2.24) is 30.0 Å². The Balaban J connectivity index is 2.02. The van der Waals surface area contributed by atoms with Gasteiger partial charge in [-0.3, -0.25) is 9.80 Å². The topological polar surface area (TPSA) is 68.5 Å². The number of aromatic nitrogens is 4. The van der Waals surface area contributed by atoms with Gasteiger partial charge in [-0.1, -0.05) is 12.1 Å². The Morgan fingerprint density at radius 3 is 2.38 bits per heavy atom. The van der Waals surface area contributed by atoms with Crippen molar-refractivity contribution < 1.29 is 9.47 Å². The molecule has 2 heterocycles. The first-order chi connectivity index (χ1) is 13.9. The van der Waals surface area contributed by atoms with Gasteiger partial charge in [0, 0.05) is 32.7 Å². The number of tetrazole rings is 1. The minimum absolute atomic E-state index is 0.0742. The van der Waals surface area contributed by atoms with Crippen LogP contribution in [-0.4, -0.2) is 77.0 Å². The molecule has 1 aromatic heterocycles. The van der Waals surface area contributed by atoms with Crippen LogP contribution in [-0.2, 0) is 5.54 Å². The van der Waals surface area contributed by atoms with Gasteiger partial charge < -0.3 is 9.47 Å². The molecule has 2 aromatic rings. The maximum absolute atomic E-state index is 5.56. The number of rotatable bonds is 7. The lowest BCUT2D eigenvalue weighted by Crippen LogP contribution is -2.48. The predicted octanol–water partition coefficient (Wildman–Crippen LogP) is 2.34. The number of nitrogens with zero attached hydrogens (tertiary/aromatic N) is 6. The summed E-state index contributed by atoms with van der Waals surface area (Å²) < 4.78 is 12.9. The largest absolute Gasteiger partial charge is 0.493 e.